The Balaban J connectivity index is 2.23. The third-order valence-electron chi connectivity index (χ3n) is 2.11. The summed E-state index contributed by atoms with van der Waals surface area (Å²) < 4.78 is 9.81. The molecule has 0 atom stereocenters. The number of amides is 2. The summed E-state index contributed by atoms with van der Waals surface area (Å²) in [5, 5.41) is 13.8. The molecule has 1 aromatic rings. The number of hydrogen-bond donors (Lipinski definition) is 3. The molecule has 0 bridgehead atoms. The zero-order valence-electron chi connectivity index (χ0n) is 10.1. The number of furan rings is 1. The fraction of sp³-hybridized carbons (Fsp3) is 0.455. The fourth-order valence-corrected chi connectivity index (χ4v) is 1.24. The first-order chi connectivity index (χ1) is 8.63. The molecule has 3 N–H and O–H groups in total. The Bertz CT molecular complexity index is 402. The van der Waals surface area contributed by atoms with E-state index in [2.05, 4.69) is 10.6 Å². The Morgan fingerprint density at radius 2 is 2.17 bits per heavy atom. The minimum absolute atomic E-state index is 0.142. The number of hydrogen-bond acceptors (Lipinski definition) is 4. The van der Waals surface area contributed by atoms with E-state index in [1.165, 1.54) is 12.1 Å². The normalized spacial score (nSPS) is 10.1. The summed E-state index contributed by atoms with van der Waals surface area (Å²) >= 11 is 0. The average Bonchev–Trinajstić information content (AvgIpc) is 2.81. The van der Waals surface area contributed by atoms with Crippen LogP contribution in [0, 0.1) is 0 Å². The predicted molar refractivity (Wildman–Crippen MR) is 62.4 cm³/mol. The summed E-state index contributed by atoms with van der Waals surface area (Å²) in [7, 11) is 1.59. The van der Waals surface area contributed by atoms with Crippen molar-refractivity contribution in [3.8, 4) is 0 Å². The largest absolute Gasteiger partial charge is 0.475 e. The maximum atomic E-state index is 11.3. The number of urea groups is 1. The molecule has 0 aliphatic carbocycles. The lowest BCUT2D eigenvalue weighted by atomic mass is 10.4. The molecule has 0 aromatic carbocycles. The van der Waals surface area contributed by atoms with Gasteiger partial charge in [0.2, 0.25) is 5.76 Å². The quantitative estimate of drug-likeness (QED) is 0.627. The fourth-order valence-electron chi connectivity index (χ4n) is 1.24. The van der Waals surface area contributed by atoms with Crippen molar-refractivity contribution in [1.82, 2.24) is 10.6 Å². The van der Waals surface area contributed by atoms with Gasteiger partial charge in [-0.1, -0.05) is 0 Å². The second-order valence-electron chi connectivity index (χ2n) is 3.53. The third kappa shape index (κ3) is 4.88. The molecule has 0 fully saturated rings. The molecule has 0 saturated heterocycles. The van der Waals surface area contributed by atoms with E-state index in [1.54, 1.807) is 7.11 Å². The maximum absolute atomic E-state index is 11.3. The summed E-state index contributed by atoms with van der Waals surface area (Å²) in [6.07, 6.45) is 0.730. The molecule has 0 aliphatic rings. The molecule has 7 nitrogen and oxygen atoms in total. The van der Waals surface area contributed by atoms with Crippen LogP contribution in [0.15, 0.2) is 16.5 Å². The minimum atomic E-state index is -1.13. The van der Waals surface area contributed by atoms with Gasteiger partial charge in [-0.05, 0) is 18.6 Å². The van der Waals surface area contributed by atoms with Gasteiger partial charge in [0.05, 0.1) is 6.54 Å². The summed E-state index contributed by atoms with van der Waals surface area (Å²) in [6.45, 7) is 1.24. The van der Waals surface area contributed by atoms with Crippen molar-refractivity contribution in [2.24, 2.45) is 0 Å². The van der Waals surface area contributed by atoms with Crippen LogP contribution in [0.3, 0.4) is 0 Å². The van der Waals surface area contributed by atoms with Gasteiger partial charge in [-0.3, -0.25) is 0 Å². The Hall–Kier alpha value is -2.02. The van der Waals surface area contributed by atoms with Crippen LogP contribution < -0.4 is 10.6 Å². The van der Waals surface area contributed by atoms with Crippen LogP contribution in [0.1, 0.15) is 22.7 Å². The van der Waals surface area contributed by atoms with Crippen molar-refractivity contribution in [2.75, 3.05) is 20.3 Å². The molecule has 18 heavy (non-hydrogen) atoms. The van der Waals surface area contributed by atoms with Crippen LogP contribution in [0.5, 0.6) is 0 Å². The SMILES string of the molecule is COCCCNC(=O)NCc1ccc(C(=O)O)o1. The lowest BCUT2D eigenvalue weighted by Crippen LogP contribution is -2.35. The van der Waals surface area contributed by atoms with E-state index in [0.29, 0.717) is 18.9 Å². The second-order valence-corrected chi connectivity index (χ2v) is 3.53. The first-order valence-electron chi connectivity index (χ1n) is 5.46. The van der Waals surface area contributed by atoms with Crippen molar-refractivity contribution < 1.29 is 23.8 Å². The topological polar surface area (TPSA) is 101 Å². The van der Waals surface area contributed by atoms with Gasteiger partial charge in [-0.15, -0.1) is 0 Å². The Morgan fingerprint density at radius 3 is 2.78 bits per heavy atom. The molecule has 0 spiro atoms. The van der Waals surface area contributed by atoms with Crippen LogP contribution in [-0.2, 0) is 11.3 Å². The smallest absolute Gasteiger partial charge is 0.371 e. The number of ether oxygens (including phenoxy) is 1. The van der Waals surface area contributed by atoms with Gasteiger partial charge in [-0.25, -0.2) is 9.59 Å². The number of rotatable bonds is 7. The lowest BCUT2D eigenvalue weighted by Gasteiger charge is -2.05. The van der Waals surface area contributed by atoms with Gasteiger partial charge >= 0.3 is 12.0 Å². The Kier molecular flexibility index (Phi) is 5.72. The number of carbonyl (C=O) groups is 2. The number of nitrogens with one attached hydrogen (secondary N) is 2. The first-order valence-corrected chi connectivity index (χ1v) is 5.46. The summed E-state index contributed by atoms with van der Waals surface area (Å²) in [5.41, 5.74) is 0. The number of carbonyl (C=O) groups excluding carboxylic acids is 1. The molecular weight excluding hydrogens is 240 g/mol. The van der Waals surface area contributed by atoms with Crippen LogP contribution >= 0.6 is 0 Å². The number of carboxylic acids is 1. The highest BCUT2D eigenvalue weighted by Crippen LogP contribution is 2.07. The van der Waals surface area contributed by atoms with Crippen LogP contribution in [0.2, 0.25) is 0 Å². The molecule has 0 saturated carbocycles. The first kappa shape index (κ1) is 14.0. The molecule has 0 unspecified atom stereocenters. The van der Waals surface area contributed by atoms with Crippen molar-refractivity contribution in [3.63, 3.8) is 0 Å². The number of carboxylic acid groups (broad SMARTS) is 1. The van der Waals surface area contributed by atoms with Crippen molar-refractivity contribution in [3.05, 3.63) is 23.7 Å². The molecule has 1 aromatic heterocycles. The van der Waals surface area contributed by atoms with Gasteiger partial charge in [0.1, 0.15) is 5.76 Å². The van der Waals surface area contributed by atoms with Gasteiger partial charge in [-0.2, -0.15) is 0 Å². The molecule has 0 aliphatic heterocycles. The molecular formula is C11H16N2O5. The minimum Gasteiger partial charge on any atom is -0.475 e. The summed E-state index contributed by atoms with van der Waals surface area (Å²) in [4.78, 5) is 21.8. The zero-order valence-corrected chi connectivity index (χ0v) is 10.1. The van der Waals surface area contributed by atoms with E-state index >= 15 is 0 Å². The highest BCUT2D eigenvalue weighted by molar-refractivity contribution is 5.84. The van der Waals surface area contributed by atoms with Gasteiger partial charge in [0, 0.05) is 20.3 Å². The zero-order chi connectivity index (χ0) is 13.4. The van der Waals surface area contributed by atoms with E-state index in [0.717, 1.165) is 6.42 Å². The Morgan fingerprint density at radius 1 is 1.39 bits per heavy atom. The van der Waals surface area contributed by atoms with Crippen LogP contribution in [0.25, 0.3) is 0 Å². The lowest BCUT2D eigenvalue weighted by molar-refractivity contribution is 0.0660. The number of aromatic carboxylic acids is 1. The monoisotopic (exact) mass is 256 g/mol. The van der Waals surface area contributed by atoms with E-state index in [-0.39, 0.29) is 18.3 Å². The van der Waals surface area contributed by atoms with E-state index in [4.69, 9.17) is 14.3 Å². The van der Waals surface area contributed by atoms with Crippen molar-refractivity contribution in [1.29, 1.82) is 0 Å². The van der Waals surface area contributed by atoms with Crippen molar-refractivity contribution >= 4 is 12.0 Å². The van der Waals surface area contributed by atoms with E-state index < -0.39 is 5.97 Å². The standard InChI is InChI=1S/C11H16N2O5/c1-17-6-2-5-12-11(16)13-7-8-3-4-9(18-8)10(14)15/h3-4H,2,5-7H2,1H3,(H,14,15)(H2,12,13,16). The molecule has 1 rings (SSSR count). The average molecular weight is 256 g/mol. The number of methoxy groups -OCH3 is 1. The predicted octanol–water partition coefficient (Wildman–Crippen LogP) is 0.813. The molecule has 1 heterocycles. The van der Waals surface area contributed by atoms with Gasteiger partial charge in [0.25, 0.3) is 0 Å². The van der Waals surface area contributed by atoms with Gasteiger partial charge in [0.15, 0.2) is 0 Å². The van der Waals surface area contributed by atoms with Crippen LogP contribution in [-0.4, -0.2) is 37.4 Å². The molecule has 100 valence electrons. The van der Waals surface area contributed by atoms with Crippen LogP contribution in [0.4, 0.5) is 4.79 Å². The van der Waals surface area contributed by atoms with Crippen molar-refractivity contribution in [2.45, 2.75) is 13.0 Å². The summed E-state index contributed by atoms with van der Waals surface area (Å²) in [5.74, 6) is -0.892. The van der Waals surface area contributed by atoms with E-state index in [9.17, 15) is 9.59 Å². The second kappa shape index (κ2) is 7.33. The van der Waals surface area contributed by atoms with E-state index in [1.807, 2.05) is 0 Å². The Labute approximate surface area is 104 Å². The highest BCUT2D eigenvalue weighted by atomic mass is 16.5. The third-order valence-corrected chi connectivity index (χ3v) is 2.11. The highest BCUT2D eigenvalue weighted by Gasteiger charge is 2.09. The molecule has 7 heteroatoms. The molecule has 0 radical (unpaired) electrons. The maximum Gasteiger partial charge on any atom is 0.371 e. The molecule has 2 amide bonds. The summed E-state index contributed by atoms with van der Waals surface area (Å²) in [6, 6.07) is 2.52. The van der Waals surface area contributed by atoms with Gasteiger partial charge < -0.3 is 24.9 Å².